The summed E-state index contributed by atoms with van der Waals surface area (Å²) in [6, 6.07) is 8.68. The minimum absolute atomic E-state index is 0.0926. The number of amides is 1. The zero-order chi connectivity index (χ0) is 15.7. The summed E-state index contributed by atoms with van der Waals surface area (Å²) in [5, 5.41) is 13.0. The van der Waals surface area contributed by atoms with Gasteiger partial charge >= 0.3 is 17.5 Å². The van der Waals surface area contributed by atoms with E-state index >= 15 is 0 Å². The smallest absolute Gasteiger partial charge is 0.394 e. The van der Waals surface area contributed by atoms with Gasteiger partial charge < -0.3 is 9.52 Å². The van der Waals surface area contributed by atoms with Crippen molar-refractivity contribution in [3.8, 4) is 11.3 Å². The van der Waals surface area contributed by atoms with Gasteiger partial charge in [0.25, 0.3) is 0 Å². The van der Waals surface area contributed by atoms with Crippen molar-refractivity contribution in [2.45, 2.75) is 0 Å². The van der Waals surface area contributed by atoms with Gasteiger partial charge in [0, 0.05) is 10.8 Å². The molecule has 0 radical (unpaired) electrons. The molecule has 0 bridgehead atoms. The Morgan fingerprint density at radius 1 is 1.27 bits per heavy atom. The van der Waals surface area contributed by atoms with Crippen LogP contribution >= 0.6 is 11.3 Å². The number of carboxylic acids is 1. The maximum absolute atomic E-state index is 12.0. The van der Waals surface area contributed by atoms with Crippen molar-refractivity contribution in [2.75, 3.05) is 5.32 Å². The first-order valence-electron chi connectivity index (χ1n) is 6.07. The molecule has 0 atom stereocenters. The lowest BCUT2D eigenvalue weighted by Gasteiger charge is -1.99. The van der Waals surface area contributed by atoms with E-state index in [1.165, 1.54) is 0 Å². The Balaban J connectivity index is 2.00. The molecule has 0 spiro atoms. The Kier molecular flexibility index (Phi) is 3.43. The van der Waals surface area contributed by atoms with Crippen molar-refractivity contribution < 1.29 is 19.1 Å². The van der Waals surface area contributed by atoms with Crippen molar-refractivity contribution in [1.29, 1.82) is 0 Å². The third-order valence-electron chi connectivity index (χ3n) is 2.84. The van der Waals surface area contributed by atoms with Crippen LogP contribution in [0.5, 0.6) is 0 Å². The lowest BCUT2D eigenvalue weighted by Crippen LogP contribution is -2.21. The molecule has 8 heteroatoms. The number of aliphatic carboxylic acids is 1. The minimum atomic E-state index is -1.61. The molecule has 7 nitrogen and oxygen atoms in total. The van der Waals surface area contributed by atoms with E-state index in [1.807, 2.05) is 6.07 Å². The van der Waals surface area contributed by atoms with Crippen molar-refractivity contribution in [2.24, 2.45) is 0 Å². The maximum Gasteiger partial charge on any atom is 0.394 e. The summed E-state index contributed by atoms with van der Waals surface area (Å²) in [5.74, 6) is -2.80. The molecule has 1 amide bonds. The summed E-state index contributed by atoms with van der Waals surface area (Å²) in [6.07, 6.45) is 0. The van der Waals surface area contributed by atoms with Crippen LogP contribution in [0.3, 0.4) is 0 Å². The Bertz CT molecular complexity index is 944. The third kappa shape index (κ3) is 2.59. The molecular weight excluding hydrogens is 308 g/mol. The number of para-hydroxylation sites is 1. The van der Waals surface area contributed by atoms with Crippen LogP contribution in [0.25, 0.3) is 22.2 Å². The zero-order valence-electron chi connectivity index (χ0n) is 10.9. The van der Waals surface area contributed by atoms with E-state index in [0.29, 0.717) is 11.3 Å². The highest BCUT2D eigenvalue weighted by Gasteiger charge is 2.15. The van der Waals surface area contributed by atoms with Crippen molar-refractivity contribution in [3.63, 3.8) is 0 Å². The van der Waals surface area contributed by atoms with E-state index in [4.69, 9.17) is 9.52 Å². The maximum atomic E-state index is 12.0. The van der Waals surface area contributed by atoms with Crippen LogP contribution in [0.1, 0.15) is 0 Å². The van der Waals surface area contributed by atoms with Gasteiger partial charge in [0.05, 0.1) is 11.3 Å². The van der Waals surface area contributed by atoms with Crippen molar-refractivity contribution in [1.82, 2.24) is 4.98 Å². The number of carbonyl (C=O) groups is 2. The highest BCUT2D eigenvalue weighted by Crippen LogP contribution is 2.25. The molecule has 0 aliphatic carbocycles. The van der Waals surface area contributed by atoms with Crippen molar-refractivity contribution in [3.05, 3.63) is 46.1 Å². The van der Waals surface area contributed by atoms with E-state index in [2.05, 4.69) is 10.3 Å². The first-order chi connectivity index (χ1) is 10.5. The number of anilines is 1. The number of aromatic nitrogens is 1. The second-order valence-corrected chi connectivity index (χ2v) is 5.14. The number of fused-ring (bicyclic) bond motifs is 1. The molecule has 2 heterocycles. The van der Waals surface area contributed by atoms with Crippen molar-refractivity contribution >= 4 is 39.3 Å². The monoisotopic (exact) mass is 316 g/mol. The molecule has 22 heavy (non-hydrogen) atoms. The highest BCUT2D eigenvalue weighted by atomic mass is 32.1. The van der Waals surface area contributed by atoms with Gasteiger partial charge in [-0.05, 0) is 12.1 Å². The van der Waals surface area contributed by atoms with Crippen LogP contribution in [-0.4, -0.2) is 22.0 Å². The van der Waals surface area contributed by atoms with E-state index in [-0.39, 0.29) is 10.7 Å². The number of rotatable bonds is 2. The van der Waals surface area contributed by atoms with Gasteiger partial charge in [-0.2, -0.15) is 0 Å². The van der Waals surface area contributed by atoms with Crippen LogP contribution in [0, 0.1) is 0 Å². The fourth-order valence-electron chi connectivity index (χ4n) is 1.85. The fraction of sp³-hybridized carbons (Fsp3) is 0. The number of nitrogens with zero attached hydrogens (tertiary/aromatic N) is 1. The average Bonchev–Trinajstić information content (AvgIpc) is 2.94. The molecule has 0 fully saturated rings. The molecule has 2 aromatic heterocycles. The lowest BCUT2D eigenvalue weighted by molar-refractivity contribution is -0.147. The van der Waals surface area contributed by atoms with Crippen LogP contribution in [0.15, 0.2) is 44.9 Å². The summed E-state index contributed by atoms with van der Waals surface area (Å²) in [5.41, 5.74) is 0.460. The molecule has 2 N–H and O–H groups in total. The molecule has 3 aromatic rings. The summed E-state index contributed by atoms with van der Waals surface area (Å²) >= 11 is 1.02. The molecule has 0 aliphatic heterocycles. The van der Waals surface area contributed by atoms with Gasteiger partial charge in [-0.3, -0.25) is 10.1 Å². The Labute approximate surface area is 126 Å². The second kappa shape index (κ2) is 5.41. The number of carbonyl (C=O) groups excluding carboxylic acids is 1. The van der Waals surface area contributed by atoms with Crippen LogP contribution in [0.4, 0.5) is 5.13 Å². The van der Waals surface area contributed by atoms with E-state index in [9.17, 15) is 14.4 Å². The predicted octanol–water partition coefficient (Wildman–Crippen LogP) is 1.94. The van der Waals surface area contributed by atoms with Gasteiger partial charge in [-0.1, -0.05) is 18.2 Å². The van der Waals surface area contributed by atoms with Gasteiger partial charge in [0.15, 0.2) is 5.13 Å². The number of thiazole rings is 1. The number of carboxylic acid groups (broad SMARTS) is 1. The average molecular weight is 316 g/mol. The Morgan fingerprint density at radius 2 is 2.05 bits per heavy atom. The van der Waals surface area contributed by atoms with E-state index < -0.39 is 17.5 Å². The molecular formula is C14H8N2O5S. The summed E-state index contributed by atoms with van der Waals surface area (Å²) in [7, 11) is 0. The van der Waals surface area contributed by atoms with E-state index in [1.54, 1.807) is 29.6 Å². The zero-order valence-corrected chi connectivity index (χ0v) is 11.7. The van der Waals surface area contributed by atoms with Crippen LogP contribution < -0.4 is 10.9 Å². The normalized spacial score (nSPS) is 10.5. The topological polar surface area (TPSA) is 110 Å². The number of nitrogens with one attached hydrogen (secondary N) is 1. The quantitative estimate of drug-likeness (QED) is 0.552. The Hall–Kier alpha value is -3.00. The summed E-state index contributed by atoms with van der Waals surface area (Å²) in [4.78, 5) is 37.6. The standard InChI is InChI=1S/C14H8N2O5S/c17-11(12(18)19)16-14-15-9(6-22-14)8-5-7-3-1-2-4-10(7)21-13(8)20/h1-6H,(H,18,19)(H,15,16,17). The molecule has 0 unspecified atom stereocenters. The van der Waals surface area contributed by atoms with Crippen LogP contribution in [0.2, 0.25) is 0 Å². The molecule has 110 valence electrons. The number of hydrogen-bond donors (Lipinski definition) is 2. The van der Waals surface area contributed by atoms with Gasteiger partial charge in [0.2, 0.25) is 0 Å². The third-order valence-corrected chi connectivity index (χ3v) is 3.59. The number of hydrogen-bond acceptors (Lipinski definition) is 6. The highest BCUT2D eigenvalue weighted by molar-refractivity contribution is 7.14. The molecule has 3 rings (SSSR count). The summed E-state index contributed by atoms with van der Waals surface area (Å²) in [6.45, 7) is 0. The summed E-state index contributed by atoms with van der Waals surface area (Å²) < 4.78 is 5.20. The predicted molar refractivity (Wildman–Crippen MR) is 79.9 cm³/mol. The molecule has 0 aliphatic rings. The fourth-order valence-corrected chi connectivity index (χ4v) is 2.55. The molecule has 1 aromatic carbocycles. The van der Waals surface area contributed by atoms with E-state index in [0.717, 1.165) is 16.7 Å². The van der Waals surface area contributed by atoms with Gasteiger partial charge in [0.1, 0.15) is 5.58 Å². The largest absolute Gasteiger partial charge is 0.474 e. The lowest BCUT2D eigenvalue weighted by atomic mass is 10.1. The first kappa shape index (κ1) is 14.0. The SMILES string of the molecule is O=C(O)C(=O)Nc1nc(-c2cc3ccccc3oc2=O)cs1. The molecule has 0 saturated heterocycles. The minimum Gasteiger partial charge on any atom is -0.474 e. The Morgan fingerprint density at radius 3 is 2.82 bits per heavy atom. The second-order valence-electron chi connectivity index (χ2n) is 4.28. The van der Waals surface area contributed by atoms with Gasteiger partial charge in [-0.15, -0.1) is 11.3 Å². The van der Waals surface area contributed by atoms with Gasteiger partial charge in [-0.25, -0.2) is 14.6 Å². The van der Waals surface area contributed by atoms with Crippen LogP contribution in [-0.2, 0) is 9.59 Å². The molecule has 0 saturated carbocycles. The number of benzene rings is 1. The first-order valence-corrected chi connectivity index (χ1v) is 6.95.